The molecule has 2 nitrogen and oxygen atoms in total. The van der Waals surface area contributed by atoms with Gasteiger partial charge in [-0.3, -0.25) is 4.98 Å². The van der Waals surface area contributed by atoms with Crippen molar-refractivity contribution in [1.82, 2.24) is 4.98 Å². The predicted molar refractivity (Wildman–Crippen MR) is 39.9 cm³/mol. The first-order valence-corrected chi connectivity index (χ1v) is 3.34. The summed E-state index contributed by atoms with van der Waals surface area (Å²) >= 11 is 5.74. The van der Waals surface area contributed by atoms with Crippen LogP contribution in [-0.4, -0.2) is 10.1 Å². The number of halogens is 1. The summed E-state index contributed by atoms with van der Waals surface area (Å²) in [6.07, 6.45) is 1.58. The van der Waals surface area contributed by atoms with Gasteiger partial charge in [0.15, 0.2) is 0 Å². The molecule has 3 heteroatoms. The van der Waals surface area contributed by atoms with Gasteiger partial charge in [-0.15, -0.1) is 0 Å². The van der Waals surface area contributed by atoms with Crippen LogP contribution in [0.4, 0.5) is 0 Å². The molecule has 0 aliphatic carbocycles. The van der Waals surface area contributed by atoms with Crippen molar-refractivity contribution < 1.29 is 5.11 Å². The van der Waals surface area contributed by atoms with Gasteiger partial charge in [-0.05, 0) is 18.6 Å². The highest BCUT2D eigenvalue weighted by Crippen LogP contribution is 2.15. The zero-order valence-corrected chi connectivity index (χ0v) is 6.39. The topological polar surface area (TPSA) is 33.1 Å². The molecule has 1 rings (SSSR count). The summed E-state index contributed by atoms with van der Waals surface area (Å²) in [4.78, 5) is 3.92. The molecule has 0 radical (unpaired) electrons. The van der Waals surface area contributed by atoms with E-state index < -0.39 is 0 Å². The molecule has 0 aliphatic rings. The van der Waals surface area contributed by atoms with E-state index in [1.54, 1.807) is 12.3 Å². The first-order chi connectivity index (χ1) is 4.75. The van der Waals surface area contributed by atoms with E-state index in [4.69, 9.17) is 16.7 Å². The van der Waals surface area contributed by atoms with Gasteiger partial charge in [0, 0.05) is 11.2 Å². The summed E-state index contributed by atoms with van der Waals surface area (Å²) in [5.74, 6) is 0. The second-order valence-corrected chi connectivity index (χ2v) is 2.43. The Kier molecular flexibility index (Phi) is 2.25. The van der Waals surface area contributed by atoms with Crippen molar-refractivity contribution in [3.63, 3.8) is 0 Å². The largest absolute Gasteiger partial charge is 0.390 e. The van der Waals surface area contributed by atoms with Crippen molar-refractivity contribution >= 4 is 11.6 Å². The maximum absolute atomic E-state index is 8.72. The van der Waals surface area contributed by atoms with Crippen LogP contribution in [0, 0.1) is 6.92 Å². The van der Waals surface area contributed by atoms with Gasteiger partial charge >= 0.3 is 0 Å². The number of pyridine rings is 1. The Morgan fingerprint density at radius 2 is 2.40 bits per heavy atom. The molecule has 0 unspecified atom stereocenters. The fourth-order valence-electron chi connectivity index (χ4n) is 0.712. The zero-order valence-electron chi connectivity index (χ0n) is 5.63. The van der Waals surface area contributed by atoms with Crippen molar-refractivity contribution in [2.45, 2.75) is 13.5 Å². The summed E-state index contributed by atoms with van der Waals surface area (Å²) in [6, 6.07) is 1.70. The van der Waals surface area contributed by atoms with E-state index >= 15 is 0 Å². The van der Waals surface area contributed by atoms with Crippen LogP contribution in [0.1, 0.15) is 11.3 Å². The number of nitrogens with zero attached hydrogens (tertiary/aromatic N) is 1. The number of aliphatic hydroxyl groups is 1. The van der Waals surface area contributed by atoms with Crippen LogP contribution in [-0.2, 0) is 6.61 Å². The molecule has 1 aromatic heterocycles. The third kappa shape index (κ3) is 1.28. The fourth-order valence-corrected chi connectivity index (χ4v) is 0.877. The lowest BCUT2D eigenvalue weighted by atomic mass is 10.2. The molecule has 1 heterocycles. The predicted octanol–water partition coefficient (Wildman–Crippen LogP) is 1.54. The van der Waals surface area contributed by atoms with Gasteiger partial charge in [-0.25, -0.2) is 0 Å². The van der Waals surface area contributed by atoms with Gasteiger partial charge in [-0.2, -0.15) is 0 Å². The number of hydrogen-bond donors (Lipinski definition) is 1. The van der Waals surface area contributed by atoms with Crippen molar-refractivity contribution in [2.24, 2.45) is 0 Å². The van der Waals surface area contributed by atoms with E-state index in [1.807, 2.05) is 6.92 Å². The van der Waals surface area contributed by atoms with Crippen LogP contribution < -0.4 is 0 Å². The number of aliphatic hydroxyl groups excluding tert-OH is 1. The normalized spacial score (nSPS) is 9.90. The van der Waals surface area contributed by atoms with Crippen LogP contribution in [0.5, 0.6) is 0 Å². The van der Waals surface area contributed by atoms with Crippen molar-refractivity contribution in [3.05, 3.63) is 28.5 Å². The Bertz CT molecular complexity index is 237. The molecule has 0 aromatic carbocycles. The zero-order chi connectivity index (χ0) is 7.56. The Hall–Kier alpha value is -0.600. The number of rotatable bonds is 1. The lowest BCUT2D eigenvalue weighted by Crippen LogP contribution is -1.92. The first-order valence-electron chi connectivity index (χ1n) is 2.96. The third-order valence-electron chi connectivity index (χ3n) is 1.39. The van der Waals surface area contributed by atoms with Crippen molar-refractivity contribution in [1.29, 1.82) is 0 Å². The molecule has 0 fully saturated rings. The maximum atomic E-state index is 8.72. The van der Waals surface area contributed by atoms with Crippen LogP contribution in [0.3, 0.4) is 0 Å². The van der Waals surface area contributed by atoms with E-state index in [1.165, 1.54) is 0 Å². The molecule has 54 valence electrons. The van der Waals surface area contributed by atoms with Crippen LogP contribution in [0.2, 0.25) is 5.02 Å². The Morgan fingerprint density at radius 1 is 1.70 bits per heavy atom. The number of hydrogen-bond acceptors (Lipinski definition) is 2. The SMILES string of the molecule is Cc1c(Cl)ccnc1CO. The van der Waals surface area contributed by atoms with Crippen molar-refractivity contribution in [2.75, 3.05) is 0 Å². The van der Waals surface area contributed by atoms with Gasteiger partial charge in [0.05, 0.1) is 12.3 Å². The molecule has 0 bridgehead atoms. The van der Waals surface area contributed by atoms with E-state index in [9.17, 15) is 0 Å². The average molecular weight is 158 g/mol. The molecular weight excluding hydrogens is 150 g/mol. The Morgan fingerprint density at radius 3 is 2.90 bits per heavy atom. The highest BCUT2D eigenvalue weighted by Gasteiger charge is 2.00. The molecule has 0 amide bonds. The molecule has 10 heavy (non-hydrogen) atoms. The molecule has 1 N–H and O–H groups in total. The average Bonchev–Trinajstić information content (AvgIpc) is 1.95. The minimum absolute atomic E-state index is 0.0492. The van der Waals surface area contributed by atoms with Gasteiger partial charge in [-0.1, -0.05) is 11.6 Å². The van der Waals surface area contributed by atoms with Crippen molar-refractivity contribution in [3.8, 4) is 0 Å². The molecule has 0 spiro atoms. The summed E-state index contributed by atoms with van der Waals surface area (Å²) in [6.45, 7) is 1.78. The minimum Gasteiger partial charge on any atom is -0.390 e. The number of aromatic nitrogens is 1. The van der Waals surface area contributed by atoms with Crippen LogP contribution in [0.25, 0.3) is 0 Å². The van der Waals surface area contributed by atoms with Crippen LogP contribution >= 0.6 is 11.6 Å². The van der Waals surface area contributed by atoms with E-state index in [2.05, 4.69) is 4.98 Å². The lowest BCUT2D eigenvalue weighted by Gasteiger charge is -2.00. The van der Waals surface area contributed by atoms with E-state index in [-0.39, 0.29) is 6.61 Å². The van der Waals surface area contributed by atoms with Crippen LogP contribution in [0.15, 0.2) is 12.3 Å². The van der Waals surface area contributed by atoms with E-state index in [0.29, 0.717) is 10.7 Å². The molecule has 0 aliphatic heterocycles. The minimum atomic E-state index is -0.0492. The Balaban J connectivity index is 3.14. The molecule has 0 saturated heterocycles. The maximum Gasteiger partial charge on any atom is 0.0856 e. The highest BCUT2D eigenvalue weighted by molar-refractivity contribution is 6.31. The molecule has 1 aromatic rings. The van der Waals surface area contributed by atoms with Gasteiger partial charge in [0.25, 0.3) is 0 Å². The third-order valence-corrected chi connectivity index (χ3v) is 1.80. The first kappa shape index (κ1) is 7.51. The summed E-state index contributed by atoms with van der Waals surface area (Å²) in [7, 11) is 0. The molecule has 0 saturated carbocycles. The fraction of sp³-hybridized carbons (Fsp3) is 0.286. The second kappa shape index (κ2) is 2.99. The highest BCUT2D eigenvalue weighted by atomic mass is 35.5. The molecule has 0 atom stereocenters. The second-order valence-electron chi connectivity index (χ2n) is 2.02. The summed E-state index contributed by atoms with van der Waals surface area (Å²) in [5.41, 5.74) is 1.50. The summed E-state index contributed by atoms with van der Waals surface area (Å²) < 4.78 is 0. The Labute approximate surface area is 64.5 Å². The lowest BCUT2D eigenvalue weighted by molar-refractivity contribution is 0.276. The van der Waals surface area contributed by atoms with Gasteiger partial charge < -0.3 is 5.11 Å². The van der Waals surface area contributed by atoms with E-state index in [0.717, 1.165) is 5.56 Å². The molecular formula is C7H8ClNO. The van der Waals surface area contributed by atoms with Gasteiger partial charge in [0.1, 0.15) is 0 Å². The summed E-state index contributed by atoms with van der Waals surface area (Å²) in [5, 5.41) is 9.37. The standard InChI is InChI=1S/C7H8ClNO/c1-5-6(8)2-3-9-7(5)4-10/h2-3,10H,4H2,1H3. The smallest absolute Gasteiger partial charge is 0.0856 e. The quantitative estimate of drug-likeness (QED) is 0.671. The van der Waals surface area contributed by atoms with Gasteiger partial charge in [0.2, 0.25) is 0 Å². The monoisotopic (exact) mass is 157 g/mol.